The van der Waals surface area contributed by atoms with Crippen LogP contribution in [0.25, 0.3) is 22.5 Å². The zero-order valence-electron chi connectivity index (χ0n) is 24.9. The molecule has 10 heteroatoms. The maximum absolute atomic E-state index is 8.56. The van der Waals surface area contributed by atoms with Crippen molar-refractivity contribution in [2.24, 2.45) is 0 Å². The van der Waals surface area contributed by atoms with Gasteiger partial charge < -0.3 is 30.4 Å². The van der Waals surface area contributed by atoms with Crippen molar-refractivity contribution in [3.05, 3.63) is 96.8 Å². The number of aliphatic hydroxyl groups excluding tert-OH is 4. The maximum atomic E-state index is 8.56. The van der Waals surface area contributed by atoms with Crippen LogP contribution in [0, 0.1) is 26.0 Å². The van der Waals surface area contributed by atoms with Gasteiger partial charge >= 0.3 is 0 Å². The quantitative estimate of drug-likeness (QED) is 0.204. The van der Waals surface area contributed by atoms with E-state index in [1.165, 1.54) is 5.56 Å². The van der Waals surface area contributed by atoms with E-state index in [1.54, 1.807) is 64.9 Å². The summed E-state index contributed by atoms with van der Waals surface area (Å²) >= 11 is 0. The van der Waals surface area contributed by atoms with Crippen LogP contribution >= 0.6 is 0 Å². The van der Waals surface area contributed by atoms with Gasteiger partial charge in [-0.05, 0) is 40.5 Å². The number of aliphatic hydroxyl groups is 4. The van der Waals surface area contributed by atoms with Gasteiger partial charge in [0.2, 0.25) is 0 Å². The topological polar surface area (TPSA) is 132 Å². The Bertz CT molecular complexity index is 1100. The van der Waals surface area contributed by atoms with Crippen molar-refractivity contribution in [1.29, 1.82) is 0 Å². The second-order valence-electron chi connectivity index (χ2n) is 9.58. The third-order valence-corrected chi connectivity index (χ3v) is 4.90. The summed E-state index contributed by atoms with van der Waals surface area (Å²) in [7, 11) is 0. The average Bonchev–Trinajstić information content (AvgIpc) is 2.89. The van der Waals surface area contributed by atoms with Gasteiger partial charge in [-0.25, -0.2) is 0 Å². The molecule has 0 saturated carbocycles. The number of aryl methyl sites for hydroxylation is 2. The first-order chi connectivity index (χ1) is 19.0. The Morgan fingerprint density at radius 2 is 1.14 bits per heavy atom. The third kappa shape index (κ3) is 20.6. The van der Waals surface area contributed by atoms with E-state index in [1.807, 2.05) is 31.2 Å². The van der Waals surface area contributed by atoms with Crippen LogP contribution in [0.5, 0.6) is 0 Å². The molecule has 0 bridgehead atoms. The van der Waals surface area contributed by atoms with E-state index >= 15 is 0 Å². The molecule has 4 unspecified atom stereocenters. The number of rotatable bonds is 6. The summed E-state index contributed by atoms with van der Waals surface area (Å²) in [5.41, 5.74) is 6.08. The predicted octanol–water partition coefficient (Wildman–Crippen LogP) is 4.78. The minimum Gasteiger partial charge on any atom is -0.393 e. The van der Waals surface area contributed by atoms with E-state index in [2.05, 4.69) is 51.1 Å². The van der Waals surface area contributed by atoms with Crippen molar-refractivity contribution in [3.63, 3.8) is 0 Å². The van der Waals surface area contributed by atoms with Gasteiger partial charge in [-0.3, -0.25) is 9.97 Å². The number of hydrogen-bond acceptors (Lipinski definition) is 8. The monoisotopic (exact) mass is 932 g/mol. The SMILES string of the molecule is CC(O)CC(C)O.CC(O)CC(C)O.Cc1[c-]c(-c2cnccn2)cc(C)c1.[Ir].[Ir].[c-]1ccccc1-c1cnccn1. The van der Waals surface area contributed by atoms with Crippen LogP contribution in [0.1, 0.15) is 51.7 Å². The summed E-state index contributed by atoms with van der Waals surface area (Å²) in [5.74, 6) is 0. The van der Waals surface area contributed by atoms with Gasteiger partial charge in [0.15, 0.2) is 0 Å². The Morgan fingerprint density at radius 1 is 0.667 bits per heavy atom. The molecule has 8 nitrogen and oxygen atoms in total. The van der Waals surface area contributed by atoms with E-state index in [4.69, 9.17) is 20.4 Å². The van der Waals surface area contributed by atoms with Crippen LogP contribution in [0.4, 0.5) is 0 Å². The Balaban J connectivity index is 0. The molecule has 4 N–H and O–H groups in total. The molecule has 234 valence electrons. The summed E-state index contributed by atoms with van der Waals surface area (Å²) in [5, 5.41) is 34.3. The van der Waals surface area contributed by atoms with Gasteiger partial charge in [0.25, 0.3) is 0 Å². The molecule has 0 aliphatic rings. The molecule has 0 amide bonds. The van der Waals surface area contributed by atoms with Gasteiger partial charge in [-0.2, -0.15) is 0 Å². The van der Waals surface area contributed by atoms with Gasteiger partial charge in [-0.15, -0.1) is 70.8 Å². The maximum Gasteiger partial charge on any atom is 0.0536 e. The van der Waals surface area contributed by atoms with Crippen LogP contribution in [0.15, 0.2) is 73.6 Å². The summed E-state index contributed by atoms with van der Waals surface area (Å²) in [6, 6.07) is 18.2. The molecule has 2 radical (unpaired) electrons. The van der Waals surface area contributed by atoms with Gasteiger partial charge in [0, 0.05) is 88.8 Å². The second kappa shape index (κ2) is 24.2. The van der Waals surface area contributed by atoms with Gasteiger partial charge in [0.05, 0.1) is 24.4 Å². The molecule has 0 saturated heterocycles. The molecule has 0 fully saturated rings. The van der Waals surface area contributed by atoms with Crippen LogP contribution in [0.3, 0.4) is 0 Å². The number of benzene rings is 2. The largest absolute Gasteiger partial charge is 0.393 e. The van der Waals surface area contributed by atoms with Crippen molar-refractivity contribution in [2.75, 3.05) is 0 Å². The smallest absolute Gasteiger partial charge is 0.0536 e. The summed E-state index contributed by atoms with van der Waals surface area (Å²) in [6.45, 7) is 10.7. The number of aromatic nitrogens is 4. The molecule has 4 atom stereocenters. The molecule has 2 heterocycles. The fraction of sp³-hybridized carbons (Fsp3) is 0.375. The molecule has 42 heavy (non-hydrogen) atoms. The Hall–Kier alpha value is -2.26. The first kappa shape index (κ1) is 41.9. The van der Waals surface area contributed by atoms with Crippen molar-refractivity contribution < 1.29 is 60.6 Å². The van der Waals surface area contributed by atoms with Gasteiger partial charge in [0.1, 0.15) is 0 Å². The number of hydrogen-bond donors (Lipinski definition) is 4. The molecule has 4 rings (SSSR count). The average molecular weight is 931 g/mol. The normalized spacial score (nSPS) is 12.4. The third-order valence-electron chi connectivity index (χ3n) is 4.90. The zero-order chi connectivity index (χ0) is 29.9. The van der Waals surface area contributed by atoms with Crippen molar-refractivity contribution in [1.82, 2.24) is 19.9 Å². The first-order valence-electron chi connectivity index (χ1n) is 13.2. The predicted molar refractivity (Wildman–Crippen MR) is 158 cm³/mol. The Morgan fingerprint density at radius 3 is 1.48 bits per heavy atom. The fourth-order valence-electron chi connectivity index (χ4n) is 3.45. The van der Waals surface area contributed by atoms with Crippen LogP contribution in [0.2, 0.25) is 0 Å². The minimum absolute atomic E-state index is 0. The molecule has 2 aromatic carbocycles. The van der Waals surface area contributed by atoms with Crippen LogP contribution in [-0.2, 0) is 40.2 Å². The molecule has 0 aliphatic heterocycles. The van der Waals surface area contributed by atoms with Crippen molar-refractivity contribution in [2.45, 2.75) is 78.8 Å². The van der Waals surface area contributed by atoms with Crippen molar-refractivity contribution in [3.8, 4) is 22.5 Å². The molecule has 0 spiro atoms. The second-order valence-corrected chi connectivity index (χ2v) is 9.58. The summed E-state index contributed by atoms with van der Waals surface area (Å²) in [4.78, 5) is 16.4. The van der Waals surface area contributed by atoms with E-state index in [9.17, 15) is 0 Å². The van der Waals surface area contributed by atoms with Crippen LogP contribution < -0.4 is 0 Å². The van der Waals surface area contributed by atoms with E-state index < -0.39 is 0 Å². The molecule has 4 aromatic rings. The Labute approximate surface area is 277 Å². The van der Waals surface area contributed by atoms with Crippen molar-refractivity contribution >= 4 is 0 Å². The number of nitrogens with zero attached hydrogens (tertiary/aromatic N) is 4. The molecule has 2 aromatic heterocycles. The minimum atomic E-state index is -0.375. The summed E-state index contributed by atoms with van der Waals surface area (Å²) < 4.78 is 0. The van der Waals surface area contributed by atoms with Crippen LogP contribution in [-0.4, -0.2) is 64.8 Å². The zero-order valence-corrected chi connectivity index (χ0v) is 29.7. The first-order valence-corrected chi connectivity index (χ1v) is 13.2. The summed E-state index contributed by atoms with van der Waals surface area (Å²) in [6.07, 6.45) is 9.63. The van der Waals surface area contributed by atoms with E-state index in [0.717, 1.165) is 28.1 Å². The van der Waals surface area contributed by atoms with E-state index in [0.29, 0.717) is 12.8 Å². The molecular weight excluding hydrogens is 889 g/mol. The van der Waals surface area contributed by atoms with E-state index in [-0.39, 0.29) is 64.6 Å². The Kier molecular flexibility index (Phi) is 24.1. The van der Waals surface area contributed by atoms with Gasteiger partial charge in [-0.1, -0.05) is 13.8 Å². The molecular formula is C32H42Ir2N4O4-2. The standard InChI is InChI=1S/C12H11N2.C10H7N2.2C5H12O2.2Ir/c1-9-5-10(2)7-11(6-9)12-8-13-3-4-14-12;1-2-4-9(5-3-1)10-8-11-6-7-12-10;2*1-4(6)3-5(2)7;;/h3-6,8H,1-2H3;1-4,6-8H;2*4-7H,3H2,1-2H3;;/q2*-1;;;;. The molecule has 0 aliphatic carbocycles. The fourth-order valence-corrected chi connectivity index (χ4v) is 3.45.